The van der Waals surface area contributed by atoms with Gasteiger partial charge in [0.2, 0.25) is 0 Å². The molecule has 1 aliphatic heterocycles. The summed E-state index contributed by atoms with van der Waals surface area (Å²) in [6, 6.07) is 8.02. The van der Waals surface area contributed by atoms with E-state index in [9.17, 15) is 9.90 Å². The van der Waals surface area contributed by atoms with Crippen LogP contribution in [0.5, 0.6) is 0 Å². The van der Waals surface area contributed by atoms with Crippen LogP contribution in [0, 0.1) is 19.8 Å². The van der Waals surface area contributed by atoms with E-state index < -0.39 is 5.97 Å². The Morgan fingerprint density at radius 3 is 2.17 bits per heavy atom. The summed E-state index contributed by atoms with van der Waals surface area (Å²) in [5.74, 6) is -1.04. The number of aryl methyl sites for hydroxylation is 2. The second-order valence-corrected chi connectivity index (χ2v) is 6.60. The molecule has 0 radical (unpaired) electrons. The van der Waals surface area contributed by atoms with Gasteiger partial charge in [0.15, 0.2) is 0 Å². The van der Waals surface area contributed by atoms with Gasteiger partial charge < -0.3 is 5.11 Å². The molecule has 1 unspecified atom stereocenters. The number of pyridine rings is 2. The van der Waals surface area contributed by atoms with Crippen molar-refractivity contribution in [3.63, 3.8) is 0 Å². The van der Waals surface area contributed by atoms with Crippen molar-refractivity contribution in [3.05, 3.63) is 59.2 Å². The minimum atomic E-state index is -0.716. The average Bonchev–Trinajstić information content (AvgIpc) is 2.59. The first kappa shape index (κ1) is 16.6. The Bertz CT molecular complexity index is 652. The van der Waals surface area contributed by atoms with Crippen LogP contribution < -0.4 is 0 Å². The summed E-state index contributed by atoms with van der Waals surface area (Å²) in [4.78, 5) is 22.8. The Kier molecular flexibility index (Phi) is 4.90. The first-order valence-corrected chi connectivity index (χ1v) is 8.36. The quantitative estimate of drug-likeness (QED) is 0.936. The fourth-order valence-corrected chi connectivity index (χ4v) is 3.25. The van der Waals surface area contributed by atoms with E-state index in [1.807, 2.05) is 50.5 Å². The fraction of sp³-hybridized carbons (Fsp3) is 0.421. The molecule has 1 atom stereocenters. The smallest absolute Gasteiger partial charge is 0.307 e. The minimum Gasteiger partial charge on any atom is -0.481 e. The number of carbonyl (C=O) groups is 1. The first-order valence-electron chi connectivity index (χ1n) is 8.36. The third-order valence-corrected chi connectivity index (χ3v) is 4.60. The molecule has 0 saturated carbocycles. The maximum atomic E-state index is 11.4. The Morgan fingerprint density at radius 1 is 1.12 bits per heavy atom. The summed E-state index contributed by atoms with van der Waals surface area (Å²) < 4.78 is 0. The molecule has 3 rings (SSSR count). The van der Waals surface area contributed by atoms with Gasteiger partial charge in [0.25, 0.3) is 0 Å². The van der Waals surface area contributed by atoms with E-state index in [0.29, 0.717) is 6.54 Å². The highest BCUT2D eigenvalue weighted by molar-refractivity contribution is 5.70. The zero-order valence-corrected chi connectivity index (χ0v) is 14.1. The Morgan fingerprint density at radius 2 is 1.71 bits per heavy atom. The van der Waals surface area contributed by atoms with E-state index in [-0.39, 0.29) is 12.0 Å². The standard InChI is InChI=1S/C19H23N3O2/c1-13-5-7-16(20-10-13)18(17-8-6-14(2)11-21-17)22-9-3-4-15(12-22)19(23)24/h5-8,10-11,15,18H,3-4,9,12H2,1-2H3,(H,23,24). The van der Waals surface area contributed by atoms with Crippen LogP contribution in [0.2, 0.25) is 0 Å². The lowest BCUT2D eigenvalue weighted by Gasteiger charge is -2.36. The van der Waals surface area contributed by atoms with Crippen molar-refractivity contribution in [1.82, 2.24) is 14.9 Å². The molecule has 0 aromatic carbocycles. The topological polar surface area (TPSA) is 66.3 Å². The van der Waals surface area contributed by atoms with E-state index >= 15 is 0 Å². The third-order valence-electron chi connectivity index (χ3n) is 4.60. The van der Waals surface area contributed by atoms with Gasteiger partial charge in [-0.3, -0.25) is 19.7 Å². The van der Waals surface area contributed by atoms with Crippen LogP contribution in [0.3, 0.4) is 0 Å². The normalized spacial score (nSPS) is 18.7. The van der Waals surface area contributed by atoms with Crippen molar-refractivity contribution >= 4 is 5.97 Å². The van der Waals surface area contributed by atoms with Gasteiger partial charge in [0.05, 0.1) is 23.3 Å². The third kappa shape index (κ3) is 3.62. The van der Waals surface area contributed by atoms with Crippen LogP contribution in [-0.4, -0.2) is 39.0 Å². The molecule has 2 aromatic heterocycles. The van der Waals surface area contributed by atoms with Gasteiger partial charge in [-0.25, -0.2) is 0 Å². The van der Waals surface area contributed by atoms with Crippen molar-refractivity contribution in [3.8, 4) is 0 Å². The highest BCUT2D eigenvalue weighted by atomic mass is 16.4. The highest BCUT2D eigenvalue weighted by Gasteiger charge is 2.32. The minimum absolute atomic E-state index is 0.103. The van der Waals surface area contributed by atoms with Gasteiger partial charge in [0, 0.05) is 18.9 Å². The summed E-state index contributed by atoms with van der Waals surface area (Å²) in [5.41, 5.74) is 4.05. The molecular formula is C19H23N3O2. The Labute approximate surface area is 142 Å². The fourth-order valence-electron chi connectivity index (χ4n) is 3.25. The number of carboxylic acid groups (broad SMARTS) is 1. The van der Waals surface area contributed by atoms with E-state index in [0.717, 1.165) is 41.9 Å². The largest absolute Gasteiger partial charge is 0.481 e. The lowest BCUT2D eigenvalue weighted by atomic mass is 9.94. The molecule has 0 amide bonds. The summed E-state index contributed by atoms with van der Waals surface area (Å²) >= 11 is 0. The maximum Gasteiger partial charge on any atom is 0.307 e. The number of aromatic nitrogens is 2. The number of rotatable bonds is 4. The number of piperidine rings is 1. The molecule has 1 aliphatic rings. The number of hydrogen-bond donors (Lipinski definition) is 1. The van der Waals surface area contributed by atoms with Crippen LogP contribution in [-0.2, 0) is 4.79 Å². The van der Waals surface area contributed by atoms with Crippen molar-refractivity contribution < 1.29 is 9.90 Å². The number of carboxylic acids is 1. The van der Waals surface area contributed by atoms with E-state index in [1.165, 1.54) is 0 Å². The van der Waals surface area contributed by atoms with Crippen LogP contribution in [0.1, 0.15) is 41.4 Å². The molecule has 3 heterocycles. The molecule has 0 aliphatic carbocycles. The molecule has 1 saturated heterocycles. The SMILES string of the molecule is Cc1ccc(C(c2ccc(C)cn2)N2CCCC(C(=O)O)C2)nc1. The number of nitrogens with zero attached hydrogens (tertiary/aromatic N) is 3. The Hall–Kier alpha value is -2.27. The molecule has 126 valence electrons. The Balaban J connectivity index is 1.96. The van der Waals surface area contributed by atoms with Gasteiger partial charge in [0.1, 0.15) is 0 Å². The van der Waals surface area contributed by atoms with Gasteiger partial charge in [-0.05, 0) is 56.5 Å². The van der Waals surface area contributed by atoms with Crippen LogP contribution in [0.4, 0.5) is 0 Å². The van der Waals surface area contributed by atoms with E-state index in [1.54, 1.807) is 0 Å². The van der Waals surface area contributed by atoms with E-state index in [2.05, 4.69) is 14.9 Å². The predicted molar refractivity (Wildman–Crippen MR) is 91.7 cm³/mol. The van der Waals surface area contributed by atoms with Gasteiger partial charge in [-0.1, -0.05) is 12.1 Å². The van der Waals surface area contributed by atoms with E-state index in [4.69, 9.17) is 0 Å². The second kappa shape index (κ2) is 7.09. The van der Waals surface area contributed by atoms with Gasteiger partial charge in [-0.15, -0.1) is 0 Å². The molecule has 2 aromatic rings. The summed E-state index contributed by atoms with van der Waals surface area (Å²) in [5, 5.41) is 9.39. The summed E-state index contributed by atoms with van der Waals surface area (Å²) in [7, 11) is 0. The van der Waals surface area contributed by atoms with Crippen molar-refractivity contribution in [2.75, 3.05) is 13.1 Å². The predicted octanol–water partition coefficient (Wildman–Crippen LogP) is 2.98. The maximum absolute atomic E-state index is 11.4. The van der Waals surface area contributed by atoms with Gasteiger partial charge >= 0.3 is 5.97 Å². The van der Waals surface area contributed by atoms with Crippen LogP contribution in [0.15, 0.2) is 36.7 Å². The average molecular weight is 325 g/mol. The zero-order chi connectivity index (χ0) is 17.1. The highest BCUT2D eigenvalue weighted by Crippen LogP contribution is 2.30. The van der Waals surface area contributed by atoms with Crippen molar-refractivity contribution in [2.24, 2.45) is 5.92 Å². The molecule has 1 fully saturated rings. The molecule has 24 heavy (non-hydrogen) atoms. The molecule has 5 nitrogen and oxygen atoms in total. The summed E-state index contributed by atoms with van der Waals surface area (Å²) in [6.07, 6.45) is 5.33. The second-order valence-electron chi connectivity index (χ2n) is 6.60. The monoisotopic (exact) mass is 325 g/mol. The summed E-state index contributed by atoms with van der Waals surface area (Å²) in [6.45, 7) is 5.42. The first-order chi connectivity index (χ1) is 11.5. The van der Waals surface area contributed by atoms with Crippen LogP contribution in [0.25, 0.3) is 0 Å². The zero-order valence-electron chi connectivity index (χ0n) is 14.1. The lowest BCUT2D eigenvalue weighted by molar-refractivity contribution is -0.143. The van der Waals surface area contributed by atoms with Crippen molar-refractivity contribution in [2.45, 2.75) is 32.7 Å². The van der Waals surface area contributed by atoms with Crippen LogP contribution >= 0.6 is 0 Å². The molecular weight excluding hydrogens is 302 g/mol. The number of likely N-dealkylation sites (tertiary alicyclic amines) is 1. The lowest BCUT2D eigenvalue weighted by Crippen LogP contribution is -2.41. The van der Waals surface area contributed by atoms with Gasteiger partial charge in [-0.2, -0.15) is 0 Å². The molecule has 5 heteroatoms. The molecule has 0 spiro atoms. The number of hydrogen-bond acceptors (Lipinski definition) is 4. The van der Waals surface area contributed by atoms with Crippen molar-refractivity contribution in [1.29, 1.82) is 0 Å². The number of aliphatic carboxylic acids is 1. The molecule has 0 bridgehead atoms. The molecule has 1 N–H and O–H groups in total.